The van der Waals surface area contributed by atoms with E-state index in [2.05, 4.69) is 10.3 Å². The molecule has 2 bridgehead atoms. The van der Waals surface area contributed by atoms with Gasteiger partial charge in [0.2, 0.25) is 0 Å². The molecule has 3 saturated carbocycles. The molecule has 0 saturated heterocycles. The zero-order valence-electron chi connectivity index (χ0n) is 9.57. The molecule has 0 radical (unpaired) electrons. The summed E-state index contributed by atoms with van der Waals surface area (Å²) >= 11 is 5.91. The van der Waals surface area contributed by atoms with Crippen LogP contribution in [0.5, 0.6) is 0 Å². The smallest absolute Gasteiger partial charge is 0.133 e. The largest absolute Gasteiger partial charge is 0.399 e. The molecule has 4 rings (SSSR count). The van der Waals surface area contributed by atoms with E-state index in [1.807, 2.05) is 6.07 Å². The van der Waals surface area contributed by atoms with Crippen LogP contribution < -0.4 is 11.1 Å². The second-order valence-electron chi connectivity index (χ2n) is 5.77. The minimum absolute atomic E-state index is 0.473. The average molecular weight is 250 g/mol. The Labute approximate surface area is 106 Å². The highest BCUT2D eigenvalue weighted by atomic mass is 35.5. The molecule has 0 amide bonds. The van der Waals surface area contributed by atoms with Gasteiger partial charge >= 0.3 is 0 Å². The summed E-state index contributed by atoms with van der Waals surface area (Å²) in [6.07, 6.45) is 4.35. The summed E-state index contributed by atoms with van der Waals surface area (Å²) in [5.74, 6) is 4.58. The minimum atomic E-state index is 0.473. The Morgan fingerprint density at radius 1 is 1.24 bits per heavy atom. The van der Waals surface area contributed by atoms with Crippen LogP contribution in [0.2, 0.25) is 5.15 Å². The highest BCUT2D eigenvalue weighted by Gasteiger charge is 2.65. The lowest BCUT2D eigenvalue weighted by Crippen LogP contribution is -2.13. The summed E-state index contributed by atoms with van der Waals surface area (Å²) in [5.41, 5.74) is 6.46. The van der Waals surface area contributed by atoms with Crippen molar-refractivity contribution in [1.29, 1.82) is 0 Å². The number of halogens is 1. The molecule has 3 nitrogen and oxygen atoms in total. The number of anilines is 2. The standard InChI is InChI=1S/C13H16ClN3/c14-9-4-8(15)5-10(16-9)17-13-11-6-1-2-7(3-6)12(11)13/h4-7,11-13H,1-3H2,(H3,15,16,17). The van der Waals surface area contributed by atoms with Gasteiger partial charge in [-0.05, 0) is 49.0 Å². The van der Waals surface area contributed by atoms with Crippen LogP contribution in [0.3, 0.4) is 0 Å². The van der Waals surface area contributed by atoms with Crippen LogP contribution in [0.25, 0.3) is 0 Å². The number of hydrogen-bond donors (Lipinski definition) is 2. The highest BCUT2D eigenvalue weighted by molar-refractivity contribution is 6.29. The van der Waals surface area contributed by atoms with Gasteiger partial charge in [0, 0.05) is 17.8 Å². The van der Waals surface area contributed by atoms with Crippen LogP contribution in [0.15, 0.2) is 12.1 Å². The Bertz CT molecular complexity index is 439. The average Bonchev–Trinajstić information content (AvgIpc) is 2.69. The molecule has 3 N–H and O–H groups in total. The van der Waals surface area contributed by atoms with Crippen LogP contribution in [0.4, 0.5) is 11.5 Å². The molecule has 0 spiro atoms. The Balaban J connectivity index is 1.52. The Morgan fingerprint density at radius 3 is 2.59 bits per heavy atom. The first-order valence-electron chi connectivity index (χ1n) is 6.42. The number of rotatable bonds is 2. The maximum atomic E-state index is 5.91. The molecule has 90 valence electrons. The number of nitrogens with zero attached hydrogens (tertiary/aromatic N) is 1. The Morgan fingerprint density at radius 2 is 1.94 bits per heavy atom. The number of aromatic nitrogens is 1. The van der Waals surface area contributed by atoms with E-state index < -0.39 is 0 Å². The third-order valence-electron chi connectivity index (χ3n) is 4.87. The summed E-state index contributed by atoms with van der Waals surface area (Å²) in [5, 5.41) is 4.00. The van der Waals surface area contributed by atoms with Gasteiger partial charge in [0.1, 0.15) is 11.0 Å². The van der Waals surface area contributed by atoms with Crippen LogP contribution in [0.1, 0.15) is 19.3 Å². The number of fused-ring (bicyclic) bond motifs is 5. The van der Waals surface area contributed by atoms with Crippen molar-refractivity contribution in [3.05, 3.63) is 17.3 Å². The van der Waals surface area contributed by atoms with Gasteiger partial charge < -0.3 is 11.1 Å². The van der Waals surface area contributed by atoms with Gasteiger partial charge in [-0.3, -0.25) is 0 Å². The summed E-state index contributed by atoms with van der Waals surface area (Å²) in [6, 6.07) is 4.19. The predicted molar refractivity (Wildman–Crippen MR) is 68.9 cm³/mol. The van der Waals surface area contributed by atoms with E-state index in [4.69, 9.17) is 17.3 Å². The topological polar surface area (TPSA) is 50.9 Å². The maximum Gasteiger partial charge on any atom is 0.133 e. The van der Waals surface area contributed by atoms with Crippen molar-refractivity contribution in [2.45, 2.75) is 25.3 Å². The maximum absolute atomic E-state index is 5.91. The van der Waals surface area contributed by atoms with Crippen molar-refractivity contribution in [3.63, 3.8) is 0 Å². The monoisotopic (exact) mass is 249 g/mol. The zero-order valence-corrected chi connectivity index (χ0v) is 10.3. The van der Waals surface area contributed by atoms with E-state index in [9.17, 15) is 0 Å². The lowest BCUT2D eigenvalue weighted by molar-refractivity contribution is 0.456. The molecular weight excluding hydrogens is 234 g/mol. The molecule has 4 unspecified atom stereocenters. The van der Waals surface area contributed by atoms with Gasteiger partial charge in [0.25, 0.3) is 0 Å². The molecule has 4 heteroatoms. The first-order chi connectivity index (χ1) is 8.22. The second kappa shape index (κ2) is 3.29. The van der Waals surface area contributed by atoms with Gasteiger partial charge in [-0.15, -0.1) is 0 Å². The van der Waals surface area contributed by atoms with Crippen LogP contribution in [-0.2, 0) is 0 Å². The number of nitrogens with two attached hydrogens (primary N) is 1. The van der Waals surface area contributed by atoms with Crippen molar-refractivity contribution in [2.24, 2.45) is 23.7 Å². The fourth-order valence-corrected chi connectivity index (χ4v) is 4.50. The van der Waals surface area contributed by atoms with Crippen molar-refractivity contribution in [1.82, 2.24) is 4.98 Å². The number of nitrogen functional groups attached to an aromatic ring is 1. The molecule has 3 fully saturated rings. The van der Waals surface area contributed by atoms with Gasteiger partial charge in [-0.1, -0.05) is 11.6 Å². The van der Waals surface area contributed by atoms with E-state index >= 15 is 0 Å². The van der Waals surface area contributed by atoms with E-state index in [0.717, 1.165) is 29.5 Å². The third kappa shape index (κ3) is 1.45. The van der Waals surface area contributed by atoms with Crippen molar-refractivity contribution in [2.75, 3.05) is 11.1 Å². The molecule has 0 aromatic carbocycles. The molecule has 0 aliphatic heterocycles. The molecule has 3 aliphatic rings. The lowest BCUT2D eigenvalue weighted by Gasteiger charge is -2.11. The number of nitrogens with one attached hydrogen (secondary N) is 1. The fourth-order valence-electron chi connectivity index (χ4n) is 4.28. The third-order valence-corrected chi connectivity index (χ3v) is 5.06. The summed E-state index contributed by atoms with van der Waals surface area (Å²) in [6.45, 7) is 0. The quantitative estimate of drug-likeness (QED) is 0.793. The lowest BCUT2D eigenvalue weighted by atomic mass is 10.0. The highest BCUT2D eigenvalue weighted by Crippen LogP contribution is 2.66. The SMILES string of the molecule is Nc1cc(Cl)nc(NC2C3C4CCC(C4)C23)c1. The number of hydrogen-bond acceptors (Lipinski definition) is 3. The van der Waals surface area contributed by atoms with Gasteiger partial charge in [0.05, 0.1) is 0 Å². The first-order valence-corrected chi connectivity index (χ1v) is 6.80. The molecule has 17 heavy (non-hydrogen) atoms. The first kappa shape index (κ1) is 10.0. The van der Waals surface area contributed by atoms with Gasteiger partial charge in [-0.25, -0.2) is 4.98 Å². The summed E-state index contributed by atoms with van der Waals surface area (Å²) in [4.78, 5) is 4.29. The molecular formula is C13H16ClN3. The van der Waals surface area contributed by atoms with Crippen LogP contribution in [0, 0.1) is 23.7 Å². The molecule has 3 aliphatic carbocycles. The normalized spacial score (nSPS) is 41.4. The van der Waals surface area contributed by atoms with Gasteiger partial charge in [0.15, 0.2) is 0 Å². The summed E-state index contributed by atoms with van der Waals surface area (Å²) in [7, 11) is 0. The van der Waals surface area contributed by atoms with E-state index in [0.29, 0.717) is 16.9 Å². The van der Waals surface area contributed by atoms with E-state index in [-0.39, 0.29) is 0 Å². The fraction of sp³-hybridized carbons (Fsp3) is 0.615. The minimum Gasteiger partial charge on any atom is -0.399 e. The van der Waals surface area contributed by atoms with Gasteiger partial charge in [-0.2, -0.15) is 0 Å². The molecule has 1 heterocycles. The van der Waals surface area contributed by atoms with Crippen LogP contribution >= 0.6 is 11.6 Å². The van der Waals surface area contributed by atoms with Crippen molar-refractivity contribution < 1.29 is 0 Å². The summed E-state index contributed by atoms with van der Waals surface area (Å²) < 4.78 is 0. The van der Waals surface area contributed by atoms with E-state index in [1.165, 1.54) is 19.3 Å². The predicted octanol–water partition coefficient (Wildman–Crippen LogP) is 2.77. The van der Waals surface area contributed by atoms with Crippen LogP contribution in [-0.4, -0.2) is 11.0 Å². The second-order valence-corrected chi connectivity index (χ2v) is 6.15. The molecule has 1 aromatic heterocycles. The van der Waals surface area contributed by atoms with E-state index in [1.54, 1.807) is 6.07 Å². The Kier molecular flexibility index (Phi) is 1.93. The number of pyridine rings is 1. The molecule has 1 aromatic rings. The Hall–Kier alpha value is -0.960. The zero-order chi connectivity index (χ0) is 11.6. The molecule has 4 atom stereocenters. The van der Waals surface area contributed by atoms with Crippen molar-refractivity contribution in [3.8, 4) is 0 Å². The van der Waals surface area contributed by atoms with Crippen molar-refractivity contribution >= 4 is 23.1 Å².